The molecule has 0 spiro atoms. The summed E-state index contributed by atoms with van der Waals surface area (Å²) in [6, 6.07) is -1.51. The summed E-state index contributed by atoms with van der Waals surface area (Å²) >= 11 is 0. The van der Waals surface area contributed by atoms with Crippen LogP contribution in [0.15, 0.2) is 18.3 Å². The van der Waals surface area contributed by atoms with Gasteiger partial charge in [0.2, 0.25) is 11.9 Å². The van der Waals surface area contributed by atoms with Gasteiger partial charge in [0, 0.05) is 30.2 Å². The van der Waals surface area contributed by atoms with Crippen molar-refractivity contribution < 1.29 is 31.2 Å². The lowest BCUT2D eigenvalue weighted by atomic mass is 9.93. The fourth-order valence-corrected chi connectivity index (χ4v) is 3.60. The number of anilines is 3. The second-order valence-corrected chi connectivity index (χ2v) is 7.33. The first kappa shape index (κ1) is 15.0. The first-order valence-electron chi connectivity index (χ1n) is 13.0. The molecule has 170 valence electrons. The summed E-state index contributed by atoms with van der Waals surface area (Å²) < 4.78 is 97.9. The topological polar surface area (TPSA) is 97.1 Å². The maximum atomic E-state index is 14.4. The molecule has 1 aliphatic carbocycles. The normalized spacial score (nSPS) is 37.1. The van der Waals surface area contributed by atoms with Crippen molar-refractivity contribution in [3.8, 4) is 0 Å². The van der Waals surface area contributed by atoms with Gasteiger partial charge in [0.1, 0.15) is 17.0 Å². The third-order valence-corrected chi connectivity index (χ3v) is 5.13. The van der Waals surface area contributed by atoms with Gasteiger partial charge in [-0.15, -0.1) is 0 Å². The molecular weight excluding hydrogens is 425 g/mol. The molecule has 5 unspecified atom stereocenters. The summed E-state index contributed by atoms with van der Waals surface area (Å²) in [5.41, 5.74) is -0.289. The highest BCUT2D eigenvalue weighted by atomic mass is 19.1. The highest BCUT2D eigenvalue weighted by molar-refractivity contribution is 5.76. The van der Waals surface area contributed by atoms with E-state index in [1.54, 1.807) is 0 Å². The van der Waals surface area contributed by atoms with Crippen LogP contribution in [0.5, 0.6) is 0 Å². The maximum Gasteiger partial charge on any atom is 0.224 e. The highest BCUT2D eigenvalue weighted by Gasteiger charge is 2.27. The lowest BCUT2D eigenvalue weighted by molar-refractivity contribution is 0.126. The Kier molecular flexibility index (Phi) is 4.01. The lowest BCUT2D eigenvalue weighted by Crippen LogP contribution is -2.29. The molecule has 1 saturated carbocycles. The summed E-state index contributed by atoms with van der Waals surface area (Å²) in [7, 11) is 0. The fourth-order valence-electron chi connectivity index (χ4n) is 3.60. The van der Waals surface area contributed by atoms with Crippen molar-refractivity contribution in [3.63, 3.8) is 0 Å². The number of aliphatic hydroxyl groups is 1. The molecule has 5 atom stereocenters. The number of hydrogen-bond acceptors (Lipinski definition) is 7. The van der Waals surface area contributed by atoms with Crippen molar-refractivity contribution >= 4 is 28.7 Å². The Morgan fingerprint density at radius 3 is 2.75 bits per heavy atom. The van der Waals surface area contributed by atoms with Crippen LogP contribution in [0.2, 0.25) is 0 Å². The molecule has 8 nitrogen and oxygen atoms in total. The Morgan fingerprint density at radius 2 is 2.00 bits per heavy atom. The molecule has 2 aliphatic rings. The number of nitrogens with one attached hydrogen (secondary N) is 2. The minimum atomic E-state index is -2.93. The van der Waals surface area contributed by atoms with Crippen molar-refractivity contribution in [2.75, 3.05) is 23.8 Å². The Bertz CT molecular complexity index is 1370. The molecule has 11 heteroatoms. The van der Waals surface area contributed by atoms with Gasteiger partial charge in [0.05, 0.1) is 27.7 Å². The standard InChI is InChI=1S/C21H23F3N6O2/c22-11-7-15(23)18(16(24)8-11)28-21-27-17-9-25-20(26-12-1-3-14(31)4-2-12)29-19(17)30(21)13-5-6-32-10-13/h7-9,12-14,31H,1-6,10H2,(H,27,28)(H,25,26,29)/i1D,3D2,4D,12D,14D. The number of ether oxygens (including phenoxy) is 1. The minimum absolute atomic E-state index is 0.0372. The van der Waals surface area contributed by atoms with E-state index in [0.717, 1.165) is 0 Å². The summed E-state index contributed by atoms with van der Waals surface area (Å²) in [5, 5.41) is 15.3. The van der Waals surface area contributed by atoms with E-state index < -0.39 is 60.8 Å². The van der Waals surface area contributed by atoms with E-state index in [9.17, 15) is 18.3 Å². The molecule has 2 fully saturated rings. The molecule has 0 radical (unpaired) electrons. The van der Waals surface area contributed by atoms with Crippen LogP contribution in [-0.4, -0.2) is 49.9 Å². The van der Waals surface area contributed by atoms with E-state index in [0.29, 0.717) is 25.2 Å². The molecule has 3 N–H and O–H groups in total. The van der Waals surface area contributed by atoms with Crippen LogP contribution in [0.3, 0.4) is 0 Å². The molecule has 1 saturated heterocycles. The molecule has 5 rings (SSSR count). The molecule has 32 heavy (non-hydrogen) atoms. The van der Waals surface area contributed by atoms with Crippen LogP contribution < -0.4 is 10.6 Å². The first-order valence-corrected chi connectivity index (χ1v) is 9.84. The van der Waals surface area contributed by atoms with Crippen LogP contribution >= 0.6 is 0 Å². The van der Waals surface area contributed by atoms with Crippen LogP contribution in [-0.2, 0) is 4.74 Å². The van der Waals surface area contributed by atoms with E-state index in [1.165, 1.54) is 10.8 Å². The Balaban J connectivity index is 1.55. The third kappa shape index (κ3) is 4.09. The van der Waals surface area contributed by atoms with Gasteiger partial charge in [-0.3, -0.25) is 4.57 Å². The number of benzene rings is 1. The number of aromatic nitrogens is 4. The quantitative estimate of drug-likeness (QED) is 0.541. The molecule has 1 aromatic carbocycles. The van der Waals surface area contributed by atoms with Crippen molar-refractivity contribution in [2.24, 2.45) is 0 Å². The number of imidazole rings is 1. The predicted octanol–water partition coefficient (Wildman–Crippen LogP) is 3.66. The smallest absolute Gasteiger partial charge is 0.224 e. The second-order valence-electron chi connectivity index (χ2n) is 7.33. The van der Waals surface area contributed by atoms with Crippen molar-refractivity contribution in [1.29, 1.82) is 0 Å². The highest BCUT2D eigenvalue weighted by Crippen LogP contribution is 2.32. The predicted molar refractivity (Wildman–Crippen MR) is 111 cm³/mol. The molecule has 1 aliphatic heterocycles. The molecule has 0 amide bonds. The number of halogens is 3. The summed E-state index contributed by atoms with van der Waals surface area (Å²) in [6.07, 6.45) is -8.39. The summed E-state index contributed by atoms with van der Waals surface area (Å²) in [6.45, 7) is 0.618. The molecular formula is C21H23F3N6O2. The first-order chi connectivity index (χ1) is 17.7. The summed E-state index contributed by atoms with van der Waals surface area (Å²) in [4.78, 5) is 12.8. The molecule has 3 heterocycles. The monoisotopic (exact) mass is 454 g/mol. The van der Waals surface area contributed by atoms with Gasteiger partial charge >= 0.3 is 0 Å². The summed E-state index contributed by atoms with van der Waals surface area (Å²) in [5.74, 6) is -3.71. The van der Waals surface area contributed by atoms with Gasteiger partial charge in [-0.25, -0.2) is 23.1 Å². The Labute approximate surface area is 190 Å². The van der Waals surface area contributed by atoms with Gasteiger partial charge < -0.3 is 20.5 Å². The largest absolute Gasteiger partial charge is 0.393 e. The van der Waals surface area contributed by atoms with Crippen LogP contribution in [0, 0.1) is 17.5 Å². The van der Waals surface area contributed by atoms with E-state index in [2.05, 4.69) is 25.6 Å². The zero-order valence-electron chi connectivity index (χ0n) is 22.6. The lowest BCUT2D eigenvalue weighted by Gasteiger charge is -2.26. The van der Waals surface area contributed by atoms with Crippen molar-refractivity contribution in [1.82, 2.24) is 19.5 Å². The van der Waals surface area contributed by atoms with Crippen LogP contribution in [0.4, 0.5) is 30.8 Å². The van der Waals surface area contributed by atoms with E-state index in [4.69, 9.17) is 13.0 Å². The van der Waals surface area contributed by atoms with Crippen molar-refractivity contribution in [3.05, 3.63) is 35.8 Å². The van der Waals surface area contributed by atoms with E-state index in [-0.39, 0.29) is 35.7 Å². The van der Waals surface area contributed by atoms with Crippen molar-refractivity contribution in [2.45, 2.75) is 50.1 Å². The van der Waals surface area contributed by atoms with Gasteiger partial charge in [0.25, 0.3) is 0 Å². The minimum Gasteiger partial charge on any atom is -0.393 e. The van der Waals surface area contributed by atoms with Crippen LogP contribution in [0.25, 0.3) is 11.2 Å². The fraction of sp³-hybridized carbons (Fsp3) is 0.476. The second kappa shape index (κ2) is 8.55. The van der Waals surface area contributed by atoms with Gasteiger partial charge in [-0.05, 0) is 32.0 Å². The Hall–Kier alpha value is -2.92. The van der Waals surface area contributed by atoms with Gasteiger partial charge in [-0.2, -0.15) is 4.98 Å². The zero-order chi connectivity index (χ0) is 27.6. The third-order valence-electron chi connectivity index (χ3n) is 5.13. The SMILES string of the molecule is [2H]C1C([2H])(Nc2ncc3nc(Nc4c(F)cc(F)cc4F)n(C4CCOC4)c3n2)CC([2H])C([2H])(O)C1([2H])[2H]. The molecule has 2 aromatic heterocycles. The zero-order valence-corrected chi connectivity index (χ0v) is 16.6. The number of nitrogens with zero attached hydrogens (tertiary/aromatic N) is 4. The number of rotatable bonds is 5. The average Bonchev–Trinajstić information content (AvgIpc) is 3.47. The number of fused-ring (bicyclic) bond motifs is 1. The van der Waals surface area contributed by atoms with E-state index >= 15 is 0 Å². The maximum absolute atomic E-state index is 14.4. The number of hydrogen-bond donors (Lipinski definition) is 3. The van der Waals surface area contributed by atoms with Gasteiger partial charge in [0.15, 0.2) is 17.3 Å². The molecule has 3 aromatic rings. The van der Waals surface area contributed by atoms with Crippen LogP contribution in [0.1, 0.15) is 46.3 Å². The van der Waals surface area contributed by atoms with E-state index in [1.807, 2.05) is 0 Å². The average molecular weight is 454 g/mol. The van der Waals surface area contributed by atoms with Gasteiger partial charge in [-0.1, -0.05) is 0 Å². The Morgan fingerprint density at radius 1 is 1.19 bits per heavy atom. The molecule has 0 bridgehead atoms.